The van der Waals surface area contributed by atoms with Gasteiger partial charge < -0.3 is 15.0 Å². The monoisotopic (exact) mass is 143 g/mol. The highest BCUT2D eigenvalue weighted by atomic mass is 16.6. The fourth-order valence-corrected chi connectivity index (χ4v) is 0.377. The van der Waals surface area contributed by atoms with E-state index >= 15 is 0 Å². The van der Waals surface area contributed by atoms with Gasteiger partial charge in [-0.05, 0) is 4.92 Å². The van der Waals surface area contributed by atoms with E-state index in [4.69, 9.17) is 0 Å². The number of aliphatic imine (C=N–C) groups is 1. The molecule has 0 spiro atoms. The van der Waals surface area contributed by atoms with Crippen molar-refractivity contribution in [1.29, 1.82) is 0 Å². The summed E-state index contributed by atoms with van der Waals surface area (Å²) in [5.41, 5.74) is 0. The Balaban J connectivity index is 4.33. The molecule has 0 fully saturated rings. The molecular weight excluding hydrogens is 134 g/mol. The van der Waals surface area contributed by atoms with Crippen molar-refractivity contribution in [2.45, 2.75) is 0 Å². The number of hydrogen-bond acceptors (Lipinski definition) is 4. The van der Waals surface area contributed by atoms with Crippen molar-refractivity contribution >= 4 is 6.72 Å². The first kappa shape index (κ1) is 8.61. The summed E-state index contributed by atoms with van der Waals surface area (Å²) in [6, 6.07) is 0. The van der Waals surface area contributed by atoms with Crippen LogP contribution in [0.25, 0.3) is 0 Å². The van der Waals surface area contributed by atoms with Gasteiger partial charge in [-0.25, -0.2) is 0 Å². The average molecular weight is 143 g/mol. The normalized spacial score (nSPS) is 10.8. The van der Waals surface area contributed by atoms with Crippen molar-refractivity contribution < 1.29 is 4.92 Å². The molecule has 0 aromatic heterocycles. The molecule has 0 aliphatic rings. The predicted octanol–water partition coefficient (Wildman–Crippen LogP) is 0.324. The molecule has 0 aliphatic heterocycles. The van der Waals surface area contributed by atoms with E-state index in [1.54, 1.807) is 14.1 Å². The van der Waals surface area contributed by atoms with Crippen LogP contribution in [0.5, 0.6) is 0 Å². The molecule has 10 heavy (non-hydrogen) atoms. The molecule has 0 bridgehead atoms. The Morgan fingerprint density at radius 2 is 2.30 bits per heavy atom. The van der Waals surface area contributed by atoms with Crippen molar-refractivity contribution in [3.05, 3.63) is 22.1 Å². The van der Waals surface area contributed by atoms with Crippen LogP contribution >= 0.6 is 0 Å². The third-order valence-corrected chi connectivity index (χ3v) is 0.723. The molecule has 0 amide bonds. The SMILES string of the molecule is C=NC(=CN(C)C)[N+](=O)[O-]. The van der Waals surface area contributed by atoms with Gasteiger partial charge >= 0.3 is 5.82 Å². The smallest absolute Gasteiger partial charge is 0.377 e. The predicted molar refractivity (Wildman–Crippen MR) is 38.3 cm³/mol. The van der Waals surface area contributed by atoms with Gasteiger partial charge in [-0.15, -0.1) is 0 Å². The van der Waals surface area contributed by atoms with Crippen LogP contribution in [0.3, 0.4) is 0 Å². The van der Waals surface area contributed by atoms with E-state index in [9.17, 15) is 10.1 Å². The third kappa shape index (κ3) is 2.81. The maximum Gasteiger partial charge on any atom is 0.378 e. The highest BCUT2D eigenvalue weighted by Crippen LogP contribution is 1.95. The summed E-state index contributed by atoms with van der Waals surface area (Å²) < 4.78 is 0. The first-order valence-corrected chi connectivity index (χ1v) is 2.57. The van der Waals surface area contributed by atoms with Gasteiger partial charge in [0.15, 0.2) is 0 Å². The topological polar surface area (TPSA) is 58.7 Å². The molecule has 0 saturated carbocycles. The minimum Gasteiger partial charge on any atom is -0.377 e. The first-order valence-electron chi connectivity index (χ1n) is 2.57. The second-order valence-electron chi connectivity index (χ2n) is 1.87. The van der Waals surface area contributed by atoms with Gasteiger partial charge in [0.05, 0.1) is 6.20 Å². The molecule has 5 nitrogen and oxygen atoms in total. The molecular formula is C5H9N3O2. The number of nitro groups is 1. The molecule has 0 unspecified atom stereocenters. The number of nitrogens with zero attached hydrogens (tertiary/aromatic N) is 3. The van der Waals surface area contributed by atoms with Crippen LogP contribution in [0.2, 0.25) is 0 Å². The van der Waals surface area contributed by atoms with Gasteiger partial charge in [0.2, 0.25) is 0 Å². The standard InChI is InChI=1S/C5H9N3O2/c1-6-5(8(9)10)4-7(2)3/h4H,1H2,2-3H3. The van der Waals surface area contributed by atoms with Gasteiger partial charge in [-0.2, -0.15) is 0 Å². The lowest BCUT2D eigenvalue weighted by Gasteiger charge is -2.01. The Labute approximate surface area is 58.8 Å². The van der Waals surface area contributed by atoms with E-state index < -0.39 is 4.92 Å². The minimum absolute atomic E-state index is 0.245. The molecule has 0 rings (SSSR count). The van der Waals surface area contributed by atoms with Crippen LogP contribution in [-0.4, -0.2) is 30.6 Å². The van der Waals surface area contributed by atoms with Crippen LogP contribution in [0.15, 0.2) is 17.0 Å². The second-order valence-corrected chi connectivity index (χ2v) is 1.87. The molecule has 0 aliphatic carbocycles. The first-order chi connectivity index (χ1) is 4.57. The van der Waals surface area contributed by atoms with E-state index in [-0.39, 0.29) is 5.82 Å². The molecule has 0 aromatic rings. The van der Waals surface area contributed by atoms with Gasteiger partial charge in [-0.3, -0.25) is 0 Å². The van der Waals surface area contributed by atoms with E-state index in [1.165, 1.54) is 11.1 Å². The molecule has 5 heteroatoms. The molecule has 0 radical (unpaired) electrons. The lowest BCUT2D eigenvalue weighted by atomic mass is 10.7. The van der Waals surface area contributed by atoms with E-state index in [2.05, 4.69) is 11.7 Å². The van der Waals surface area contributed by atoms with Gasteiger partial charge in [0.25, 0.3) is 0 Å². The Bertz CT molecular complexity index is 174. The molecule has 0 aromatic carbocycles. The van der Waals surface area contributed by atoms with Crippen LogP contribution in [0.1, 0.15) is 0 Å². The van der Waals surface area contributed by atoms with Crippen molar-refractivity contribution in [1.82, 2.24) is 4.90 Å². The van der Waals surface area contributed by atoms with Gasteiger partial charge in [-0.1, -0.05) is 4.99 Å². The number of rotatable bonds is 3. The summed E-state index contributed by atoms with van der Waals surface area (Å²) in [4.78, 5) is 14.2. The van der Waals surface area contributed by atoms with Crippen molar-refractivity contribution in [2.24, 2.45) is 4.99 Å². The third-order valence-electron chi connectivity index (χ3n) is 0.723. The van der Waals surface area contributed by atoms with Crippen LogP contribution in [-0.2, 0) is 0 Å². The van der Waals surface area contributed by atoms with Gasteiger partial charge in [0.1, 0.15) is 6.72 Å². The molecule has 0 atom stereocenters. The van der Waals surface area contributed by atoms with E-state index in [0.717, 1.165) is 0 Å². The maximum absolute atomic E-state index is 10.0. The fraction of sp³-hybridized carbons (Fsp3) is 0.400. The zero-order valence-corrected chi connectivity index (χ0v) is 5.94. The highest BCUT2D eigenvalue weighted by Gasteiger charge is 2.04. The summed E-state index contributed by atoms with van der Waals surface area (Å²) in [5, 5.41) is 10.0. The van der Waals surface area contributed by atoms with E-state index in [1.807, 2.05) is 0 Å². The zero-order valence-electron chi connectivity index (χ0n) is 5.94. The summed E-state index contributed by atoms with van der Waals surface area (Å²) in [6.07, 6.45) is 1.28. The Kier molecular flexibility index (Phi) is 3.10. The summed E-state index contributed by atoms with van der Waals surface area (Å²) >= 11 is 0. The van der Waals surface area contributed by atoms with Gasteiger partial charge in [0, 0.05) is 14.1 Å². The summed E-state index contributed by atoms with van der Waals surface area (Å²) in [6.45, 7) is 3.05. The van der Waals surface area contributed by atoms with Crippen LogP contribution < -0.4 is 0 Å². The lowest BCUT2D eigenvalue weighted by molar-refractivity contribution is -0.426. The van der Waals surface area contributed by atoms with Crippen molar-refractivity contribution in [3.8, 4) is 0 Å². The average Bonchev–Trinajstić information content (AvgIpc) is 1.81. The Hall–Kier alpha value is -1.39. The van der Waals surface area contributed by atoms with Crippen molar-refractivity contribution in [2.75, 3.05) is 14.1 Å². The van der Waals surface area contributed by atoms with Crippen LogP contribution in [0.4, 0.5) is 0 Å². The van der Waals surface area contributed by atoms with E-state index in [0.29, 0.717) is 0 Å². The Morgan fingerprint density at radius 1 is 1.80 bits per heavy atom. The summed E-state index contributed by atoms with van der Waals surface area (Å²) in [7, 11) is 3.35. The second kappa shape index (κ2) is 3.60. The number of hydrogen-bond donors (Lipinski definition) is 0. The minimum atomic E-state index is -0.590. The zero-order chi connectivity index (χ0) is 8.15. The fourth-order valence-electron chi connectivity index (χ4n) is 0.377. The van der Waals surface area contributed by atoms with Crippen LogP contribution in [0, 0.1) is 10.1 Å². The largest absolute Gasteiger partial charge is 0.378 e. The molecule has 0 saturated heterocycles. The molecule has 0 N–H and O–H groups in total. The molecule has 56 valence electrons. The molecule has 0 heterocycles. The van der Waals surface area contributed by atoms with Crippen molar-refractivity contribution in [3.63, 3.8) is 0 Å². The Morgan fingerprint density at radius 3 is 2.40 bits per heavy atom. The lowest BCUT2D eigenvalue weighted by Crippen LogP contribution is -2.06. The quantitative estimate of drug-likeness (QED) is 0.325. The maximum atomic E-state index is 10.0. The highest BCUT2D eigenvalue weighted by molar-refractivity contribution is 5.26. The summed E-state index contributed by atoms with van der Waals surface area (Å²) in [5.74, 6) is -0.245.